The Morgan fingerprint density at radius 2 is 0.949 bits per heavy atom. The van der Waals surface area contributed by atoms with Crippen LogP contribution in [0.5, 0.6) is 11.5 Å². The average molecular weight is 876 g/mol. The first kappa shape index (κ1) is 45.2. The molecule has 59 heavy (non-hydrogen) atoms. The van der Waals surface area contributed by atoms with Gasteiger partial charge in [0.1, 0.15) is 21.5 Å². The summed E-state index contributed by atoms with van der Waals surface area (Å²) in [5.41, 5.74) is -8.75. The molecule has 312 valence electrons. The number of alkyl halides is 6. The van der Waals surface area contributed by atoms with Gasteiger partial charge in [-0.3, -0.25) is 29.8 Å². The van der Waals surface area contributed by atoms with Crippen LogP contribution in [0.25, 0.3) is 22.3 Å². The molecule has 0 unspecified atom stereocenters. The van der Waals surface area contributed by atoms with Gasteiger partial charge in [0.05, 0.1) is 32.1 Å². The van der Waals surface area contributed by atoms with Gasteiger partial charge in [0.2, 0.25) is 0 Å². The molecule has 0 heterocycles. The summed E-state index contributed by atoms with van der Waals surface area (Å²) in [6.07, 6.45) is -9.69. The van der Waals surface area contributed by atoms with E-state index in [0.29, 0.717) is 24.3 Å². The van der Waals surface area contributed by atoms with Crippen LogP contribution in [-0.4, -0.2) is 59.9 Å². The highest BCUT2D eigenvalue weighted by molar-refractivity contribution is 6.37. The fourth-order valence-corrected chi connectivity index (χ4v) is 5.81. The molecule has 0 saturated heterocycles. The summed E-state index contributed by atoms with van der Waals surface area (Å²) >= 11 is 13.0. The Morgan fingerprint density at radius 1 is 0.627 bits per heavy atom. The number of rotatable bonds is 14. The van der Waals surface area contributed by atoms with Crippen molar-refractivity contribution in [2.75, 3.05) is 26.3 Å². The molecular formula is C36H26Cl2F6N4O11. The molecule has 0 radical (unpaired) electrons. The van der Waals surface area contributed by atoms with E-state index < -0.39 is 125 Å². The number of carbonyl (C=O) groups excluding carboxylic acids is 4. The molecular weight excluding hydrogens is 849 g/mol. The van der Waals surface area contributed by atoms with Gasteiger partial charge in [-0.2, -0.15) is 26.3 Å². The van der Waals surface area contributed by atoms with Crippen LogP contribution in [0.3, 0.4) is 0 Å². The van der Waals surface area contributed by atoms with Crippen LogP contribution in [0.2, 0.25) is 10.0 Å². The van der Waals surface area contributed by atoms with Crippen molar-refractivity contribution in [3.05, 3.63) is 113 Å². The summed E-state index contributed by atoms with van der Waals surface area (Å²) in [5.74, 6) is -6.49. The van der Waals surface area contributed by atoms with E-state index in [1.807, 2.05) is 0 Å². The van der Waals surface area contributed by atoms with Gasteiger partial charge in [-0.1, -0.05) is 47.5 Å². The summed E-state index contributed by atoms with van der Waals surface area (Å²) in [4.78, 5) is 73.8. The number of carbonyl (C=O) groups is 4. The summed E-state index contributed by atoms with van der Waals surface area (Å²) < 4.78 is 96.3. The molecule has 0 spiro atoms. The van der Waals surface area contributed by atoms with Gasteiger partial charge in [0.15, 0.2) is 24.3 Å². The number of likely N-dealkylation sites (N-methyl/N-ethyl adjacent to an activating group) is 2. The van der Waals surface area contributed by atoms with Crippen LogP contribution in [0, 0.1) is 20.2 Å². The molecule has 0 aliphatic rings. The fraction of sp³-hybridized carbons (Fsp3) is 0.222. The molecule has 4 aromatic rings. The number of hydrogen-bond acceptors (Lipinski definition) is 11. The number of nitro benzene ring substituents is 2. The predicted octanol–water partition coefficient (Wildman–Crippen LogP) is 8.56. The molecule has 15 nitrogen and oxygen atoms in total. The number of benzene rings is 4. The lowest BCUT2D eigenvalue weighted by atomic mass is 9.97. The maximum Gasteiger partial charge on any atom is 0.416 e. The summed E-state index contributed by atoms with van der Waals surface area (Å²) in [7, 11) is 0. The predicted molar refractivity (Wildman–Crippen MR) is 195 cm³/mol. The van der Waals surface area contributed by atoms with E-state index in [9.17, 15) is 65.7 Å². The average Bonchev–Trinajstić information content (AvgIpc) is 3.16. The summed E-state index contributed by atoms with van der Waals surface area (Å²) in [6.45, 7) is 1.24. The van der Waals surface area contributed by atoms with Gasteiger partial charge in [0, 0.05) is 13.1 Å². The van der Waals surface area contributed by atoms with E-state index in [4.69, 9.17) is 37.4 Å². The Kier molecular flexibility index (Phi) is 14.1. The lowest BCUT2D eigenvalue weighted by Crippen LogP contribution is -2.28. The van der Waals surface area contributed by atoms with Crippen molar-refractivity contribution < 1.29 is 69.6 Å². The van der Waals surface area contributed by atoms with Crippen molar-refractivity contribution in [1.82, 2.24) is 10.6 Å². The minimum Gasteiger partial charge on any atom is -0.454 e. The number of nitrogens with zero attached hydrogens (tertiary/aromatic N) is 2. The Labute approximate surface area is 337 Å². The smallest absolute Gasteiger partial charge is 0.416 e. The number of esters is 2. The molecule has 23 heteroatoms. The molecule has 0 atom stereocenters. The van der Waals surface area contributed by atoms with Crippen LogP contribution in [-0.2, 0) is 31.4 Å². The third kappa shape index (κ3) is 10.5. The first-order valence-corrected chi connectivity index (χ1v) is 17.3. The Morgan fingerprint density at radius 3 is 1.22 bits per heavy atom. The second-order valence-electron chi connectivity index (χ2n) is 11.7. The highest BCUT2D eigenvalue weighted by Crippen LogP contribution is 2.49. The standard InChI is InChI=1S/C36H26Cl2F6N4O11/c1-3-45-25(49)15-57-33(51)27-29(37)23(13-21(31(27)47(53)54)17-5-9-19(10-6-17)35(39,40)41)59-24-14-22(18-7-11-20(12-8-18)36(42,43)44)32(48(55)56)28(30(24)38)34(52)58-16-26(50)46-4-2/h5-14H,3-4,15-16H2,1-2H3,(H,45,49)(H,46,50). The van der Waals surface area contributed by atoms with Crippen molar-refractivity contribution in [3.8, 4) is 33.8 Å². The quantitative estimate of drug-likeness (QED) is 0.0531. The Bertz CT molecular complexity index is 2160. The topological polar surface area (TPSA) is 206 Å². The first-order chi connectivity index (χ1) is 27.6. The Balaban J connectivity index is 2.05. The molecule has 0 aliphatic heterocycles. The van der Waals surface area contributed by atoms with Crippen molar-refractivity contribution in [2.45, 2.75) is 26.2 Å². The minimum atomic E-state index is -4.84. The van der Waals surface area contributed by atoms with E-state index >= 15 is 0 Å². The van der Waals surface area contributed by atoms with E-state index in [-0.39, 0.29) is 24.2 Å². The van der Waals surface area contributed by atoms with Gasteiger partial charge in [-0.15, -0.1) is 0 Å². The van der Waals surface area contributed by atoms with E-state index in [1.165, 1.54) is 13.8 Å². The number of nitrogens with one attached hydrogen (secondary N) is 2. The largest absolute Gasteiger partial charge is 0.454 e. The van der Waals surface area contributed by atoms with Crippen LogP contribution in [0.4, 0.5) is 37.7 Å². The second-order valence-corrected chi connectivity index (χ2v) is 12.5. The zero-order valence-corrected chi connectivity index (χ0v) is 31.5. The normalized spacial score (nSPS) is 11.4. The molecule has 4 aromatic carbocycles. The molecule has 0 bridgehead atoms. The van der Waals surface area contributed by atoms with Gasteiger partial charge in [-0.25, -0.2) is 9.59 Å². The van der Waals surface area contributed by atoms with Crippen molar-refractivity contribution in [3.63, 3.8) is 0 Å². The molecule has 0 aromatic heterocycles. The number of nitro groups is 2. The molecule has 2 amide bonds. The Hall–Kier alpha value is -6.48. The second kappa shape index (κ2) is 18.4. The zero-order chi connectivity index (χ0) is 44.0. The minimum absolute atomic E-state index is 0.0879. The zero-order valence-electron chi connectivity index (χ0n) is 30.0. The van der Waals surface area contributed by atoms with Gasteiger partial charge in [-0.05, 0) is 61.4 Å². The highest BCUT2D eigenvalue weighted by atomic mass is 35.5. The third-order valence-corrected chi connectivity index (χ3v) is 8.61. The van der Waals surface area contributed by atoms with Gasteiger partial charge < -0.3 is 24.8 Å². The summed E-state index contributed by atoms with van der Waals surface area (Å²) in [6, 6.07) is 6.99. The van der Waals surface area contributed by atoms with Crippen LogP contribution in [0.15, 0.2) is 60.7 Å². The van der Waals surface area contributed by atoms with E-state index in [2.05, 4.69) is 10.6 Å². The molecule has 0 aliphatic carbocycles. The number of ether oxygens (including phenoxy) is 3. The van der Waals surface area contributed by atoms with E-state index in [0.717, 1.165) is 36.4 Å². The number of hydrogen-bond donors (Lipinski definition) is 2. The SMILES string of the molecule is CCNC(=O)COC(=O)c1c(Cl)c(Oc2cc(-c3ccc(C(F)(F)F)cc3)c([N+](=O)[O-])c(C(=O)OCC(=O)NCC)c2Cl)cc(-c2ccc(C(F)(F)F)cc2)c1[N+](=O)[O-]. The van der Waals surface area contributed by atoms with Crippen molar-refractivity contribution >= 4 is 58.3 Å². The molecule has 0 saturated carbocycles. The lowest BCUT2D eigenvalue weighted by Gasteiger charge is -2.18. The maximum absolute atomic E-state index is 13.4. The first-order valence-electron chi connectivity index (χ1n) is 16.5. The molecule has 0 fully saturated rings. The van der Waals surface area contributed by atoms with Crippen molar-refractivity contribution in [1.29, 1.82) is 0 Å². The molecule has 4 rings (SSSR count). The monoisotopic (exact) mass is 874 g/mol. The molecule has 2 N–H and O–H groups in total. The number of halogens is 8. The fourth-order valence-electron chi connectivity index (χ4n) is 5.29. The van der Waals surface area contributed by atoms with Crippen LogP contribution >= 0.6 is 23.2 Å². The van der Waals surface area contributed by atoms with Gasteiger partial charge >= 0.3 is 24.3 Å². The number of amides is 2. The van der Waals surface area contributed by atoms with Gasteiger partial charge in [0.25, 0.3) is 23.2 Å². The highest BCUT2D eigenvalue weighted by Gasteiger charge is 2.38. The summed E-state index contributed by atoms with van der Waals surface area (Å²) in [5, 5.41) is 27.8. The van der Waals surface area contributed by atoms with Crippen molar-refractivity contribution in [2.24, 2.45) is 0 Å². The lowest BCUT2D eigenvalue weighted by molar-refractivity contribution is -0.384. The van der Waals surface area contributed by atoms with Crippen LogP contribution < -0.4 is 15.4 Å². The van der Waals surface area contributed by atoms with Crippen LogP contribution in [0.1, 0.15) is 45.7 Å². The maximum atomic E-state index is 13.4. The van der Waals surface area contributed by atoms with E-state index in [1.54, 1.807) is 0 Å². The third-order valence-electron chi connectivity index (χ3n) is 7.86.